The third-order valence-corrected chi connectivity index (χ3v) is 5.55. The molecule has 2 unspecified atom stereocenters. The molecule has 2 N–H and O–H groups in total. The van der Waals surface area contributed by atoms with Crippen LogP contribution in [0.15, 0.2) is 0 Å². The molecule has 0 spiro atoms. The van der Waals surface area contributed by atoms with Crippen molar-refractivity contribution in [1.29, 1.82) is 0 Å². The number of halogens is 1. The predicted molar refractivity (Wildman–Crippen MR) is 75.9 cm³/mol. The number of nitrogens with one attached hydrogen (secondary N) is 2. The second-order valence-corrected chi connectivity index (χ2v) is 6.93. The number of sulfonamides is 1. The molecule has 0 saturated carbocycles. The quantitative estimate of drug-likeness (QED) is 0.747. The predicted octanol–water partition coefficient (Wildman–Crippen LogP) is -0.300. The van der Waals surface area contributed by atoms with Crippen molar-refractivity contribution in [1.82, 2.24) is 14.9 Å². The van der Waals surface area contributed by atoms with Gasteiger partial charge in [-0.15, -0.1) is 12.4 Å². The van der Waals surface area contributed by atoms with Gasteiger partial charge < -0.3 is 10.2 Å². The molecular formula is C11H22ClN3O3S. The second-order valence-electron chi connectivity index (χ2n) is 4.89. The van der Waals surface area contributed by atoms with Crippen LogP contribution in [0.1, 0.15) is 26.2 Å². The Kier molecular flexibility index (Phi) is 6.04. The van der Waals surface area contributed by atoms with Crippen LogP contribution >= 0.6 is 12.4 Å². The van der Waals surface area contributed by atoms with E-state index in [2.05, 4.69) is 10.0 Å². The fourth-order valence-corrected chi connectivity index (χ4v) is 4.05. The van der Waals surface area contributed by atoms with Gasteiger partial charge in [0.2, 0.25) is 15.9 Å². The van der Waals surface area contributed by atoms with Gasteiger partial charge in [-0.25, -0.2) is 13.1 Å². The van der Waals surface area contributed by atoms with Crippen molar-refractivity contribution >= 4 is 28.3 Å². The third-order valence-electron chi connectivity index (χ3n) is 3.60. The van der Waals surface area contributed by atoms with Crippen LogP contribution in [0.4, 0.5) is 0 Å². The summed E-state index contributed by atoms with van der Waals surface area (Å²) in [5, 5.41) is 2.70. The van der Waals surface area contributed by atoms with Crippen LogP contribution in [-0.4, -0.2) is 56.7 Å². The highest BCUT2D eigenvalue weighted by Gasteiger charge is 2.37. The van der Waals surface area contributed by atoms with Gasteiger partial charge in [0.1, 0.15) is 0 Å². The summed E-state index contributed by atoms with van der Waals surface area (Å²) in [5.41, 5.74) is 0. The van der Waals surface area contributed by atoms with Crippen molar-refractivity contribution in [2.24, 2.45) is 0 Å². The standard InChI is InChI=1S/C11H21N3O3S.ClH/c1-2-13-18(16,17)9-5-7-14(8-9)11(15)10-4-3-6-12-10;/h9-10,12-13H,2-8H2,1H3;1H. The van der Waals surface area contributed by atoms with E-state index in [1.807, 2.05) is 0 Å². The smallest absolute Gasteiger partial charge is 0.239 e. The molecule has 2 aliphatic rings. The Balaban J connectivity index is 0.00000180. The molecule has 6 nitrogen and oxygen atoms in total. The van der Waals surface area contributed by atoms with Gasteiger partial charge in [0.15, 0.2) is 0 Å². The number of likely N-dealkylation sites (tertiary alicyclic amines) is 1. The molecule has 2 saturated heterocycles. The first kappa shape index (κ1) is 16.7. The van der Waals surface area contributed by atoms with Crippen LogP contribution < -0.4 is 10.0 Å². The van der Waals surface area contributed by atoms with E-state index in [1.165, 1.54) is 0 Å². The number of hydrogen-bond donors (Lipinski definition) is 2. The first-order valence-corrected chi connectivity index (χ1v) is 8.10. The molecule has 8 heteroatoms. The molecule has 0 bridgehead atoms. The fraction of sp³-hybridized carbons (Fsp3) is 0.909. The van der Waals surface area contributed by atoms with Gasteiger partial charge in [-0.1, -0.05) is 6.92 Å². The van der Waals surface area contributed by atoms with Gasteiger partial charge in [-0.05, 0) is 25.8 Å². The highest BCUT2D eigenvalue weighted by atomic mass is 35.5. The molecule has 0 aliphatic carbocycles. The monoisotopic (exact) mass is 311 g/mol. The highest BCUT2D eigenvalue weighted by molar-refractivity contribution is 7.90. The van der Waals surface area contributed by atoms with Gasteiger partial charge in [-0.2, -0.15) is 0 Å². The molecule has 0 aromatic rings. The Morgan fingerprint density at radius 3 is 2.74 bits per heavy atom. The average molecular weight is 312 g/mol. The maximum absolute atomic E-state index is 12.1. The molecule has 2 aliphatic heterocycles. The van der Waals surface area contributed by atoms with E-state index in [-0.39, 0.29) is 24.4 Å². The summed E-state index contributed by atoms with van der Waals surface area (Å²) >= 11 is 0. The van der Waals surface area contributed by atoms with E-state index in [9.17, 15) is 13.2 Å². The van der Waals surface area contributed by atoms with Crippen molar-refractivity contribution < 1.29 is 13.2 Å². The van der Waals surface area contributed by atoms with Crippen molar-refractivity contribution in [2.75, 3.05) is 26.2 Å². The van der Waals surface area contributed by atoms with E-state index in [4.69, 9.17) is 0 Å². The fourth-order valence-electron chi connectivity index (χ4n) is 2.62. The minimum atomic E-state index is -3.26. The Morgan fingerprint density at radius 1 is 1.42 bits per heavy atom. The lowest BCUT2D eigenvalue weighted by Gasteiger charge is -2.20. The van der Waals surface area contributed by atoms with Crippen LogP contribution in [0.3, 0.4) is 0 Å². The first-order chi connectivity index (χ1) is 8.54. The Hall–Kier alpha value is -0.370. The van der Waals surface area contributed by atoms with Crippen LogP contribution in [0, 0.1) is 0 Å². The van der Waals surface area contributed by atoms with E-state index in [0.717, 1.165) is 19.4 Å². The van der Waals surface area contributed by atoms with Gasteiger partial charge in [0.05, 0.1) is 11.3 Å². The lowest BCUT2D eigenvalue weighted by Crippen LogP contribution is -2.44. The second kappa shape index (κ2) is 6.88. The summed E-state index contributed by atoms with van der Waals surface area (Å²) in [5.74, 6) is 0.0571. The van der Waals surface area contributed by atoms with Gasteiger partial charge >= 0.3 is 0 Å². The number of nitrogens with zero attached hydrogens (tertiary/aromatic N) is 1. The molecule has 0 aromatic heterocycles. The molecule has 1 amide bonds. The van der Waals surface area contributed by atoms with E-state index < -0.39 is 15.3 Å². The SMILES string of the molecule is CCNS(=O)(=O)C1CCN(C(=O)C2CCCN2)C1.Cl. The zero-order chi connectivity index (χ0) is 13.2. The first-order valence-electron chi connectivity index (χ1n) is 6.55. The molecule has 2 heterocycles. The Morgan fingerprint density at radius 2 is 2.16 bits per heavy atom. The minimum Gasteiger partial charge on any atom is -0.340 e. The van der Waals surface area contributed by atoms with Crippen LogP contribution in [0.2, 0.25) is 0 Å². The van der Waals surface area contributed by atoms with Crippen LogP contribution in [0.5, 0.6) is 0 Å². The highest BCUT2D eigenvalue weighted by Crippen LogP contribution is 2.19. The molecule has 0 aromatic carbocycles. The Bertz CT molecular complexity index is 409. The largest absolute Gasteiger partial charge is 0.340 e. The topological polar surface area (TPSA) is 78.5 Å². The zero-order valence-electron chi connectivity index (χ0n) is 11.1. The van der Waals surface area contributed by atoms with E-state index >= 15 is 0 Å². The Labute approximate surface area is 120 Å². The van der Waals surface area contributed by atoms with E-state index in [0.29, 0.717) is 26.1 Å². The zero-order valence-corrected chi connectivity index (χ0v) is 12.7. The van der Waals surface area contributed by atoms with Gasteiger partial charge in [0.25, 0.3) is 0 Å². The molecule has 2 atom stereocenters. The number of carbonyl (C=O) groups excluding carboxylic acids is 1. The molecule has 112 valence electrons. The van der Waals surface area contributed by atoms with E-state index in [1.54, 1.807) is 11.8 Å². The maximum Gasteiger partial charge on any atom is 0.239 e. The lowest BCUT2D eigenvalue weighted by molar-refractivity contribution is -0.131. The molecule has 19 heavy (non-hydrogen) atoms. The van der Waals surface area contributed by atoms with Crippen LogP contribution in [-0.2, 0) is 14.8 Å². The molecule has 2 fully saturated rings. The average Bonchev–Trinajstić information content (AvgIpc) is 3.00. The van der Waals surface area contributed by atoms with Crippen molar-refractivity contribution in [3.63, 3.8) is 0 Å². The normalized spacial score (nSPS) is 27.3. The van der Waals surface area contributed by atoms with Gasteiger partial charge in [0, 0.05) is 19.6 Å². The maximum atomic E-state index is 12.1. The molecule has 2 rings (SSSR count). The lowest BCUT2D eigenvalue weighted by atomic mass is 10.2. The summed E-state index contributed by atoms with van der Waals surface area (Å²) in [6.07, 6.45) is 2.41. The third kappa shape index (κ3) is 3.81. The summed E-state index contributed by atoms with van der Waals surface area (Å²) in [7, 11) is -3.26. The summed E-state index contributed by atoms with van der Waals surface area (Å²) in [4.78, 5) is 13.8. The number of amides is 1. The molecular weight excluding hydrogens is 290 g/mol. The summed E-state index contributed by atoms with van der Waals surface area (Å²) in [6, 6.07) is -0.106. The number of rotatable bonds is 4. The van der Waals surface area contributed by atoms with Crippen LogP contribution in [0.25, 0.3) is 0 Å². The molecule has 0 radical (unpaired) electrons. The van der Waals surface area contributed by atoms with Crippen molar-refractivity contribution in [2.45, 2.75) is 37.5 Å². The summed E-state index contributed by atoms with van der Waals surface area (Å²) in [6.45, 7) is 3.91. The van der Waals surface area contributed by atoms with Crippen molar-refractivity contribution in [3.05, 3.63) is 0 Å². The van der Waals surface area contributed by atoms with Gasteiger partial charge in [-0.3, -0.25) is 4.79 Å². The summed E-state index contributed by atoms with van der Waals surface area (Å²) < 4.78 is 26.2. The number of hydrogen-bond acceptors (Lipinski definition) is 4. The number of carbonyl (C=O) groups is 1. The van der Waals surface area contributed by atoms with Crippen molar-refractivity contribution in [3.8, 4) is 0 Å². The minimum absolute atomic E-state index is 0.